The van der Waals surface area contributed by atoms with Gasteiger partial charge in [-0.25, -0.2) is 4.79 Å². The number of rotatable bonds is 5. The van der Waals surface area contributed by atoms with E-state index < -0.39 is 5.97 Å². The van der Waals surface area contributed by atoms with Crippen LogP contribution in [0.25, 0.3) is 0 Å². The van der Waals surface area contributed by atoms with Gasteiger partial charge in [0, 0.05) is 15.5 Å². The molecule has 0 aliphatic carbocycles. The minimum Gasteiger partial charge on any atom is -0.462 e. The van der Waals surface area contributed by atoms with Gasteiger partial charge in [-0.15, -0.1) is 11.3 Å². The Morgan fingerprint density at radius 3 is 2.71 bits per heavy atom. The SMILES string of the molecule is CCOC(=O)c1cc(CC)sc1NC(=O)c1cc(Br)c[nH]1. The van der Waals surface area contributed by atoms with E-state index in [0.29, 0.717) is 22.9 Å². The topological polar surface area (TPSA) is 71.2 Å². The zero-order valence-electron chi connectivity index (χ0n) is 11.7. The first kappa shape index (κ1) is 15.8. The van der Waals surface area contributed by atoms with Gasteiger partial charge in [-0.3, -0.25) is 4.79 Å². The minimum atomic E-state index is -0.420. The average Bonchev–Trinajstić information content (AvgIpc) is 3.05. The van der Waals surface area contributed by atoms with Crippen molar-refractivity contribution >= 4 is 44.1 Å². The van der Waals surface area contributed by atoms with Crippen molar-refractivity contribution in [1.82, 2.24) is 4.98 Å². The molecule has 0 aromatic carbocycles. The largest absolute Gasteiger partial charge is 0.462 e. The molecule has 0 unspecified atom stereocenters. The van der Waals surface area contributed by atoms with Crippen LogP contribution in [0.1, 0.15) is 39.6 Å². The number of carbonyl (C=O) groups is 2. The Morgan fingerprint density at radius 2 is 2.14 bits per heavy atom. The molecule has 0 bridgehead atoms. The molecular weight excluding hydrogens is 356 g/mol. The second-order valence-corrected chi connectivity index (χ2v) is 6.27. The van der Waals surface area contributed by atoms with E-state index in [4.69, 9.17) is 4.74 Å². The van der Waals surface area contributed by atoms with Gasteiger partial charge >= 0.3 is 5.97 Å². The normalized spacial score (nSPS) is 10.4. The molecule has 2 aromatic rings. The van der Waals surface area contributed by atoms with Crippen LogP contribution in [0.3, 0.4) is 0 Å². The molecule has 112 valence electrons. The second-order valence-electron chi connectivity index (χ2n) is 4.22. The molecule has 0 aliphatic heterocycles. The number of thiophene rings is 1. The molecule has 7 heteroatoms. The number of esters is 1. The van der Waals surface area contributed by atoms with Crippen molar-refractivity contribution < 1.29 is 14.3 Å². The molecule has 2 heterocycles. The summed E-state index contributed by atoms with van der Waals surface area (Å²) in [7, 11) is 0. The number of aromatic amines is 1. The lowest BCUT2D eigenvalue weighted by Crippen LogP contribution is -2.14. The van der Waals surface area contributed by atoms with E-state index in [0.717, 1.165) is 15.8 Å². The average molecular weight is 371 g/mol. The summed E-state index contributed by atoms with van der Waals surface area (Å²) in [5, 5.41) is 3.28. The number of carbonyl (C=O) groups excluding carboxylic acids is 2. The summed E-state index contributed by atoms with van der Waals surface area (Å²) in [6.45, 7) is 4.04. The first-order valence-corrected chi connectivity index (χ1v) is 8.11. The van der Waals surface area contributed by atoms with E-state index in [1.807, 2.05) is 6.92 Å². The van der Waals surface area contributed by atoms with Gasteiger partial charge < -0.3 is 15.0 Å². The zero-order chi connectivity index (χ0) is 15.4. The molecule has 21 heavy (non-hydrogen) atoms. The van der Waals surface area contributed by atoms with Crippen molar-refractivity contribution in [3.8, 4) is 0 Å². The van der Waals surface area contributed by atoms with E-state index in [-0.39, 0.29) is 5.91 Å². The first-order valence-electron chi connectivity index (χ1n) is 6.50. The third kappa shape index (κ3) is 3.74. The van der Waals surface area contributed by atoms with Gasteiger partial charge in [0.1, 0.15) is 10.7 Å². The third-order valence-corrected chi connectivity index (χ3v) is 4.40. The Kier molecular flexibility index (Phi) is 5.19. The van der Waals surface area contributed by atoms with Gasteiger partial charge in [0.25, 0.3) is 5.91 Å². The summed E-state index contributed by atoms with van der Waals surface area (Å²) in [5.41, 5.74) is 0.820. The molecule has 5 nitrogen and oxygen atoms in total. The van der Waals surface area contributed by atoms with E-state index in [1.54, 1.807) is 25.3 Å². The first-order chi connectivity index (χ1) is 10.0. The quantitative estimate of drug-likeness (QED) is 0.785. The van der Waals surface area contributed by atoms with Crippen molar-refractivity contribution in [3.63, 3.8) is 0 Å². The number of nitrogens with one attached hydrogen (secondary N) is 2. The third-order valence-electron chi connectivity index (χ3n) is 2.75. The molecule has 0 spiro atoms. The second kappa shape index (κ2) is 6.91. The van der Waals surface area contributed by atoms with Crippen molar-refractivity contribution in [2.45, 2.75) is 20.3 Å². The summed E-state index contributed by atoms with van der Waals surface area (Å²) in [6, 6.07) is 3.44. The van der Waals surface area contributed by atoms with Crippen LogP contribution in [0, 0.1) is 0 Å². The molecule has 2 rings (SSSR count). The summed E-state index contributed by atoms with van der Waals surface area (Å²) in [4.78, 5) is 27.9. The molecule has 0 atom stereocenters. The van der Waals surface area contributed by atoms with Gasteiger partial charge in [0.2, 0.25) is 0 Å². The molecule has 0 radical (unpaired) electrons. The Hall–Kier alpha value is -1.60. The van der Waals surface area contributed by atoms with Gasteiger partial charge in [-0.05, 0) is 41.4 Å². The van der Waals surface area contributed by atoms with Crippen LogP contribution >= 0.6 is 27.3 Å². The van der Waals surface area contributed by atoms with Crippen molar-refractivity contribution in [2.75, 3.05) is 11.9 Å². The molecule has 0 fully saturated rings. The number of H-pyrrole nitrogens is 1. The number of hydrogen-bond acceptors (Lipinski definition) is 4. The molecular formula is C14H15BrN2O3S. The van der Waals surface area contributed by atoms with Crippen molar-refractivity contribution in [2.24, 2.45) is 0 Å². The lowest BCUT2D eigenvalue weighted by molar-refractivity contribution is 0.0528. The van der Waals surface area contributed by atoms with Crippen LogP contribution < -0.4 is 5.32 Å². The van der Waals surface area contributed by atoms with Gasteiger partial charge in [-0.1, -0.05) is 6.92 Å². The summed E-state index contributed by atoms with van der Waals surface area (Å²) >= 11 is 4.66. The maximum Gasteiger partial charge on any atom is 0.341 e. The van der Waals surface area contributed by atoms with E-state index in [2.05, 4.69) is 26.2 Å². The molecule has 0 saturated heterocycles. The predicted octanol–water partition coefficient (Wildman–Crippen LogP) is 3.83. The summed E-state index contributed by atoms with van der Waals surface area (Å²) < 4.78 is 5.81. The number of amides is 1. The maximum atomic E-state index is 12.1. The van der Waals surface area contributed by atoms with Crippen LogP contribution in [-0.2, 0) is 11.2 Å². The highest BCUT2D eigenvalue weighted by Crippen LogP contribution is 2.29. The Balaban J connectivity index is 2.24. The minimum absolute atomic E-state index is 0.296. The lowest BCUT2D eigenvalue weighted by Gasteiger charge is -2.04. The highest BCUT2D eigenvalue weighted by Gasteiger charge is 2.19. The maximum absolute atomic E-state index is 12.1. The smallest absolute Gasteiger partial charge is 0.341 e. The number of ether oxygens (including phenoxy) is 1. The van der Waals surface area contributed by atoms with Crippen LogP contribution in [0.4, 0.5) is 5.00 Å². The van der Waals surface area contributed by atoms with Crippen molar-refractivity contribution in [1.29, 1.82) is 0 Å². The van der Waals surface area contributed by atoms with Crippen LogP contribution in [0.5, 0.6) is 0 Å². The number of hydrogen-bond donors (Lipinski definition) is 2. The highest BCUT2D eigenvalue weighted by molar-refractivity contribution is 9.10. The Labute approximate surface area is 134 Å². The Morgan fingerprint density at radius 1 is 1.38 bits per heavy atom. The summed E-state index contributed by atoms with van der Waals surface area (Å²) in [5.74, 6) is -0.716. The van der Waals surface area contributed by atoms with Gasteiger partial charge in [0.05, 0.1) is 12.2 Å². The number of aromatic nitrogens is 1. The fourth-order valence-corrected chi connectivity index (χ4v) is 3.06. The van der Waals surface area contributed by atoms with E-state index in [9.17, 15) is 9.59 Å². The van der Waals surface area contributed by atoms with E-state index >= 15 is 0 Å². The van der Waals surface area contributed by atoms with Gasteiger partial charge in [0.15, 0.2) is 0 Å². The number of anilines is 1. The molecule has 0 aliphatic rings. The Bertz CT molecular complexity index is 663. The fourth-order valence-electron chi connectivity index (χ4n) is 1.74. The monoisotopic (exact) mass is 370 g/mol. The molecule has 1 amide bonds. The molecule has 2 N–H and O–H groups in total. The van der Waals surface area contributed by atoms with Crippen LogP contribution in [0.15, 0.2) is 22.8 Å². The summed E-state index contributed by atoms with van der Waals surface area (Å²) in [6.07, 6.45) is 2.47. The lowest BCUT2D eigenvalue weighted by atomic mass is 10.2. The predicted molar refractivity (Wildman–Crippen MR) is 86.1 cm³/mol. The molecule has 2 aromatic heterocycles. The highest BCUT2D eigenvalue weighted by atomic mass is 79.9. The fraction of sp³-hybridized carbons (Fsp3) is 0.286. The molecule has 0 saturated carbocycles. The zero-order valence-corrected chi connectivity index (χ0v) is 14.1. The number of aryl methyl sites for hydroxylation is 1. The standard InChI is InChI=1S/C14H15BrN2O3S/c1-3-9-6-10(14(19)20-4-2)13(21-9)17-12(18)11-5-8(15)7-16-11/h5-7,16H,3-4H2,1-2H3,(H,17,18). The van der Waals surface area contributed by atoms with Gasteiger partial charge in [-0.2, -0.15) is 0 Å². The van der Waals surface area contributed by atoms with E-state index in [1.165, 1.54) is 11.3 Å². The van der Waals surface area contributed by atoms with Crippen LogP contribution in [-0.4, -0.2) is 23.5 Å². The number of halogens is 1. The van der Waals surface area contributed by atoms with Crippen LogP contribution in [0.2, 0.25) is 0 Å². The van der Waals surface area contributed by atoms with Crippen molar-refractivity contribution in [3.05, 3.63) is 38.9 Å².